The van der Waals surface area contributed by atoms with Crippen LogP contribution in [0.3, 0.4) is 0 Å². The molecule has 22 heavy (non-hydrogen) atoms. The molecule has 1 aliphatic rings. The van der Waals surface area contributed by atoms with Crippen LogP contribution in [0.4, 0.5) is 0 Å². The molecule has 0 unspecified atom stereocenters. The Hall–Kier alpha value is -0.430. The van der Waals surface area contributed by atoms with Crippen molar-refractivity contribution in [3.8, 4) is 0 Å². The molecule has 5 nitrogen and oxygen atoms in total. The standard InChI is InChI=1S/C13H16Cl3NO4S/c1-6(2)9(12(20)21-5-13(14,15)16)17-10(19)8(11(17)22)4-7(3)18/h8,11,22H,4-5H2,1-3H3/t8-,11-/m1/s1. The first-order valence-corrected chi connectivity index (χ1v) is 8.02. The van der Waals surface area contributed by atoms with Gasteiger partial charge < -0.3 is 9.53 Å². The van der Waals surface area contributed by atoms with Crippen LogP contribution in [0.2, 0.25) is 0 Å². The van der Waals surface area contributed by atoms with E-state index in [0.29, 0.717) is 5.57 Å². The number of halogens is 3. The number of amides is 1. The highest BCUT2D eigenvalue weighted by Crippen LogP contribution is 2.37. The van der Waals surface area contributed by atoms with Crippen molar-refractivity contribution in [2.24, 2.45) is 5.92 Å². The van der Waals surface area contributed by atoms with E-state index in [1.165, 1.54) is 11.8 Å². The van der Waals surface area contributed by atoms with Gasteiger partial charge in [-0.3, -0.25) is 9.69 Å². The molecule has 0 aromatic rings. The number of rotatable bonds is 5. The van der Waals surface area contributed by atoms with Crippen LogP contribution in [-0.2, 0) is 19.1 Å². The number of β-lactam (4-membered cyclic amide) rings is 1. The molecule has 1 rings (SSSR count). The van der Waals surface area contributed by atoms with E-state index in [-0.39, 0.29) is 23.8 Å². The molecule has 1 aliphatic heterocycles. The van der Waals surface area contributed by atoms with Gasteiger partial charge in [-0.2, -0.15) is 12.6 Å². The Morgan fingerprint density at radius 2 is 1.82 bits per heavy atom. The molecule has 124 valence electrons. The fourth-order valence-corrected chi connectivity index (χ4v) is 2.66. The third-order valence-electron chi connectivity index (χ3n) is 2.96. The molecule has 2 atom stereocenters. The van der Waals surface area contributed by atoms with Crippen molar-refractivity contribution in [3.63, 3.8) is 0 Å². The van der Waals surface area contributed by atoms with Crippen LogP contribution in [0, 0.1) is 5.92 Å². The molecule has 1 saturated heterocycles. The zero-order valence-corrected chi connectivity index (χ0v) is 15.4. The lowest BCUT2D eigenvalue weighted by Gasteiger charge is -2.45. The van der Waals surface area contributed by atoms with E-state index in [9.17, 15) is 14.4 Å². The number of carbonyl (C=O) groups excluding carboxylic acids is 3. The monoisotopic (exact) mass is 387 g/mol. The summed E-state index contributed by atoms with van der Waals surface area (Å²) in [5.74, 6) is -1.79. The van der Waals surface area contributed by atoms with Crippen LogP contribution >= 0.6 is 47.4 Å². The van der Waals surface area contributed by atoms with Crippen molar-refractivity contribution < 1.29 is 19.1 Å². The third-order valence-corrected chi connectivity index (χ3v) is 3.88. The van der Waals surface area contributed by atoms with E-state index in [4.69, 9.17) is 39.5 Å². The summed E-state index contributed by atoms with van der Waals surface area (Å²) < 4.78 is 3.18. The number of ketones is 1. The number of ether oxygens (including phenoxy) is 1. The van der Waals surface area contributed by atoms with Crippen LogP contribution in [-0.4, -0.2) is 38.3 Å². The number of likely N-dealkylation sites (tertiary alicyclic amines) is 1. The van der Waals surface area contributed by atoms with E-state index in [1.807, 2.05) is 0 Å². The van der Waals surface area contributed by atoms with Gasteiger partial charge in [0.15, 0.2) is 0 Å². The maximum Gasteiger partial charge on any atom is 0.355 e. The number of nitrogens with zero attached hydrogens (tertiary/aromatic N) is 1. The summed E-state index contributed by atoms with van der Waals surface area (Å²) in [6.45, 7) is 4.26. The number of esters is 1. The van der Waals surface area contributed by atoms with Crippen molar-refractivity contribution in [2.75, 3.05) is 6.61 Å². The third kappa shape index (κ3) is 4.78. The van der Waals surface area contributed by atoms with Crippen LogP contribution in [0.1, 0.15) is 27.2 Å². The van der Waals surface area contributed by atoms with E-state index < -0.39 is 27.7 Å². The maximum atomic E-state index is 12.2. The molecule has 0 spiro atoms. The normalized spacial score (nSPS) is 21.2. The Morgan fingerprint density at radius 3 is 2.18 bits per heavy atom. The van der Waals surface area contributed by atoms with Crippen molar-refractivity contribution in [3.05, 3.63) is 11.3 Å². The molecule has 1 amide bonds. The van der Waals surface area contributed by atoms with Crippen LogP contribution in [0.15, 0.2) is 11.3 Å². The van der Waals surface area contributed by atoms with Gasteiger partial charge in [-0.15, -0.1) is 0 Å². The number of carbonyl (C=O) groups is 3. The molecule has 0 radical (unpaired) electrons. The van der Waals surface area contributed by atoms with Gasteiger partial charge in [-0.25, -0.2) is 4.79 Å². The lowest BCUT2D eigenvalue weighted by Crippen LogP contribution is -2.59. The fraction of sp³-hybridized carbons (Fsp3) is 0.615. The Balaban J connectivity index is 2.87. The Bertz CT molecular complexity index is 526. The molecule has 0 aliphatic carbocycles. The summed E-state index contributed by atoms with van der Waals surface area (Å²) in [5, 5.41) is -0.568. The summed E-state index contributed by atoms with van der Waals surface area (Å²) in [6.07, 6.45) is 0.0861. The number of allylic oxidation sites excluding steroid dienone is 1. The number of hydrogen-bond donors (Lipinski definition) is 1. The summed E-state index contributed by atoms with van der Waals surface area (Å²) in [4.78, 5) is 36.6. The van der Waals surface area contributed by atoms with Gasteiger partial charge in [0.05, 0.1) is 11.3 Å². The smallest absolute Gasteiger partial charge is 0.355 e. The summed E-state index contributed by atoms with van der Waals surface area (Å²) in [6, 6.07) is 0. The van der Waals surface area contributed by atoms with E-state index >= 15 is 0 Å². The second-order valence-corrected chi connectivity index (χ2v) is 8.22. The lowest BCUT2D eigenvalue weighted by molar-refractivity contribution is -0.155. The molecule has 1 heterocycles. The number of Topliss-reactive ketones (excluding diaryl/α,β-unsaturated/α-hetero) is 1. The predicted molar refractivity (Wildman–Crippen MR) is 88.0 cm³/mol. The maximum absolute atomic E-state index is 12.2. The van der Waals surface area contributed by atoms with Gasteiger partial charge in [0.1, 0.15) is 18.1 Å². The van der Waals surface area contributed by atoms with E-state index in [1.54, 1.807) is 13.8 Å². The van der Waals surface area contributed by atoms with Crippen LogP contribution in [0.5, 0.6) is 0 Å². The van der Waals surface area contributed by atoms with Crippen LogP contribution in [0.25, 0.3) is 0 Å². The van der Waals surface area contributed by atoms with Crippen molar-refractivity contribution in [1.82, 2.24) is 4.90 Å². The summed E-state index contributed by atoms with van der Waals surface area (Å²) in [5.41, 5.74) is 0.613. The van der Waals surface area contributed by atoms with Gasteiger partial charge in [0.2, 0.25) is 9.70 Å². The van der Waals surface area contributed by atoms with Gasteiger partial charge in [0.25, 0.3) is 0 Å². The zero-order chi connectivity index (χ0) is 17.2. The van der Waals surface area contributed by atoms with E-state index in [2.05, 4.69) is 12.6 Å². The van der Waals surface area contributed by atoms with Gasteiger partial charge >= 0.3 is 5.97 Å². The quantitative estimate of drug-likeness (QED) is 0.259. The lowest BCUT2D eigenvalue weighted by atomic mass is 9.91. The Morgan fingerprint density at radius 1 is 1.27 bits per heavy atom. The fourth-order valence-electron chi connectivity index (χ4n) is 2.04. The average molecular weight is 389 g/mol. The molecular weight excluding hydrogens is 373 g/mol. The minimum Gasteiger partial charge on any atom is -0.456 e. The highest BCUT2D eigenvalue weighted by Gasteiger charge is 2.49. The van der Waals surface area contributed by atoms with Gasteiger partial charge in [-0.1, -0.05) is 34.8 Å². The molecule has 0 bridgehead atoms. The first-order valence-electron chi connectivity index (χ1n) is 6.37. The Labute approximate surface area is 149 Å². The van der Waals surface area contributed by atoms with Gasteiger partial charge in [-0.05, 0) is 26.3 Å². The first-order chi connectivity index (χ1) is 9.95. The number of alkyl halides is 3. The van der Waals surface area contributed by atoms with Gasteiger partial charge in [0, 0.05) is 6.42 Å². The highest BCUT2D eigenvalue weighted by atomic mass is 35.6. The molecule has 0 N–H and O–H groups in total. The van der Waals surface area contributed by atoms with Crippen molar-refractivity contribution >= 4 is 65.1 Å². The molecule has 0 aromatic heterocycles. The largest absolute Gasteiger partial charge is 0.456 e. The summed E-state index contributed by atoms with van der Waals surface area (Å²) >= 11 is 20.9. The topological polar surface area (TPSA) is 63.7 Å². The molecule has 1 fully saturated rings. The minimum atomic E-state index is -1.74. The molecule has 9 heteroatoms. The van der Waals surface area contributed by atoms with E-state index in [0.717, 1.165) is 0 Å². The Kier molecular flexibility index (Phi) is 6.62. The average Bonchev–Trinajstić information content (AvgIpc) is 2.37. The summed E-state index contributed by atoms with van der Waals surface area (Å²) in [7, 11) is 0. The van der Waals surface area contributed by atoms with Crippen molar-refractivity contribution in [2.45, 2.75) is 36.4 Å². The second kappa shape index (κ2) is 7.43. The highest BCUT2D eigenvalue weighted by molar-refractivity contribution is 7.81. The molecular formula is C13H16Cl3NO4S. The van der Waals surface area contributed by atoms with Crippen LogP contribution < -0.4 is 0 Å². The first kappa shape index (κ1) is 19.6. The number of hydrogen-bond acceptors (Lipinski definition) is 5. The predicted octanol–water partition coefficient (Wildman–Crippen LogP) is 2.89. The second-order valence-electron chi connectivity index (χ2n) is 5.17. The number of thiol groups is 1. The minimum absolute atomic E-state index is 0.0547. The molecule has 0 saturated carbocycles. The SMILES string of the molecule is CC(=O)C[C@@H]1C(=O)N(C(C(=O)OCC(Cl)(Cl)Cl)=C(C)C)[C@@H]1S. The zero-order valence-electron chi connectivity index (χ0n) is 12.2. The molecule has 0 aromatic carbocycles. The van der Waals surface area contributed by atoms with Crippen molar-refractivity contribution in [1.29, 1.82) is 0 Å².